The van der Waals surface area contributed by atoms with Crippen LogP contribution in [0.1, 0.15) is 11.1 Å². The molecule has 0 spiro atoms. The Morgan fingerprint density at radius 3 is 2.72 bits per heavy atom. The molecule has 0 N–H and O–H groups in total. The Morgan fingerprint density at radius 1 is 1.09 bits per heavy atom. The van der Waals surface area contributed by atoms with Gasteiger partial charge in [0.25, 0.3) is 0 Å². The molecule has 7 nitrogen and oxygen atoms in total. The number of hydrogen-bond donors (Lipinski definition) is 0. The van der Waals surface area contributed by atoms with E-state index in [1.165, 1.54) is 12.1 Å². The summed E-state index contributed by atoms with van der Waals surface area (Å²) in [5, 5.41) is 0.558. The van der Waals surface area contributed by atoms with Crippen LogP contribution in [0.4, 0.5) is 15.8 Å². The van der Waals surface area contributed by atoms with E-state index < -0.39 is 0 Å². The van der Waals surface area contributed by atoms with Crippen molar-refractivity contribution in [3.63, 3.8) is 0 Å². The van der Waals surface area contributed by atoms with Crippen molar-refractivity contribution in [1.29, 1.82) is 0 Å². The number of hydrogen-bond acceptors (Lipinski definition) is 7. The van der Waals surface area contributed by atoms with Gasteiger partial charge in [-0.2, -0.15) is 0 Å². The Labute approximate surface area is 190 Å². The van der Waals surface area contributed by atoms with E-state index >= 15 is 0 Å². The molecule has 0 radical (unpaired) electrons. The van der Waals surface area contributed by atoms with Gasteiger partial charge in [-0.1, -0.05) is 11.6 Å². The van der Waals surface area contributed by atoms with Crippen LogP contribution in [0.2, 0.25) is 5.02 Å². The van der Waals surface area contributed by atoms with E-state index in [-0.39, 0.29) is 5.82 Å². The first kappa shape index (κ1) is 20.8. The smallest absolute Gasteiger partial charge is 0.316 e. The molecule has 166 valence electrons. The largest absolute Gasteiger partial charge is 0.490 e. The summed E-state index contributed by atoms with van der Waals surface area (Å²) >= 11 is 6.64. The van der Waals surface area contributed by atoms with Gasteiger partial charge in [0.1, 0.15) is 30.5 Å². The first-order chi connectivity index (χ1) is 15.6. The molecule has 32 heavy (non-hydrogen) atoms. The lowest BCUT2D eigenvalue weighted by Crippen LogP contribution is -2.29. The number of halogens is 2. The van der Waals surface area contributed by atoms with E-state index in [1.807, 2.05) is 6.07 Å². The summed E-state index contributed by atoms with van der Waals surface area (Å²) in [5.41, 5.74) is 3.72. The minimum atomic E-state index is -0.322. The second kappa shape index (κ2) is 8.80. The number of anilines is 2. The minimum Gasteiger partial charge on any atom is -0.490 e. The number of rotatable bonds is 4. The van der Waals surface area contributed by atoms with Crippen molar-refractivity contribution in [3.05, 3.63) is 64.7 Å². The number of benzene rings is 2. The van der Waals surface area contributed by atoms with Gasteiger partial charge in [0, 0.05) is 54.9 Å². The number of methoxy groups -OCH3 is 1. The molecule has 0 aliphatic carbocycles. The number of fused-ring (bicyclic) bond motifs is 2. The highest BCUT2D eigenvalue weighted by Gasteiger charge is 2.24. The van der Waals surface area contributed by atoms with Crippen LogP contribution in [0.5, 0.6) is 17.5 Å². The summed E-state index contributed by atoms with van der Waals surface area (Å²) < 4.78 is 30.3. The highest BCUT2D eigenvalue weighted by Crippen LogP contribution is 2.41. The summed E-state index contributed by atoms with van der Waals surface area (Å²) in [6.07, 6.45) is 3.54. The summed E-state index contributed by atoms with van der Waals surface area (Å²) in [5.74, 6) is 0.910. The zero-order valence-corrected chi connectivity index (χ0v) is 18.3. The van der Waals surface area contributed by atoms with Crippen LogP contribution in [0.25, 0.3) is 0 Å². The van der Waals surface area contributed by atoms with E-state index in [4.69, 9.17) is 25.8 Å². The first-order valence-corrected chi connectivity index (χ1v) is 10.7. The zero-order chi connectivity index (χ0) is 22.1. The first-order valence-electron chi connectivity index (χ1n) is 10.3. The van der Waals surface area contributed by atoms with Gasteiger partial charge in [-0.05, 0) is 24.3 Å². The Bertz CT molecular complexity index is 1130. The quantitative estimate of drug-likeness (QED) is 0.583. The van der Waals surface area contributed by atoms with E-state index in [0.717, 1.165) is 29.0 Å². The van der Waals surface area contributed by atoms with Crippen LogP contribution >= 0.6 is 11.6 Å². The maximum absolute atomic E-state index is 13.7. The predicted octanol–water partition coefficient (Wildman–Crippen LogP) is 4.20. The Balaban J connectivity index is 1.43. The molecule has 2 aliphatic rings. The van der Waals surface area contributed by atoms with Gasteiger partial charge in [-0.15, -0.1) is 0 Å². The zero-order valence-electron chi connectivity index (χ0n) is 17.6. The van der Waals surface area contributed by atoms with Crippen molar-refractivity contribution in [3.8, 4) is 17.5 Å². The van der Waals surface area contributed by atoms with Crippen LogP contribution in [0.15, 0.2) is 42.7 Å². The highest BCUT2D eigenvalue weighted by molar-refractivity contribution is 6.32. The summed E-state index contributed by atoms with van der Waals surface area (Å²) in [6.45, 7) is 3.71. The SMILES string of the molecule is COc1ncc(CN2CCOc3c(Cl)cc(N4CCOc5cc(F)ccc54)cc3C2)cn1. The lowest BCUT2D eigenvalue weighted by molar-refractivity contribution is 0.219. The second-order valence-electron chi connectivity index (χ2n) is 7.67. The van der Waals surface area contributed by atoms with Crippen molar-refractivity contribution < 1.29 is 18.6 Å². The molecule has 0 saturated carbocycles. The molecule has 0 fully saturated rings. The lowest BCUT2D eigenvalue weighted by atomic mass is 10.1. The van der Waals surface area contributed by atoms with Crippen molar-refractivity contribution in [2.24, 2.45) is 0 Å². The van der Waals surface area contributed by atoms with Gasteiger partial charge in [0.15, 0.2) is 0 Å². The summed E-state index contributed by atoms with van der Waals surface area (Å²) in [7, 11) is 1.54. The molecule has 2 aromatic carbocycles. The Kier molecular flexibility index (Phi) is 5.71. The van der Waals surface area contributed by atoms with E-state index in [2.05, 4.69) is 25.8 Å². The molecule has 0 atom stereocenters. The molecule has 0 unspecified atom stereocenters. The van der Waals surface area contributed by atoms with Gasteiger partial charge in [-0.25, -0.2) is 14.4 Å². The van der Waals surface area contributed by atoms with E-state index in [9.17, 15) is 4.39 Å². The fourth-order valence-corrected chi connectivity index (χ4v) is 4.34. The molecule has 2 aliphatic heterocycles. The molecule has 5 rings (SSSR count). The standard InChI is InChI=1S/C23H22ClFN4O3/c1-30-23-26-11-15(12-27-23)13-28-4-6-32-22-16(14-28)8-18(10-19(22)24)29-5-7-31-21-9-17(25)2-3-20(21)29/h2-3,8-12H,4-7,13-14H2,1H3. The van der Waals surface area contributed by atoms with Gasteiger partial charge in [-0.3, -0.25) is 4.90 Å². The molecule has 3 heterocycles. The number of nitrogens with zero attached hydrogens (tertiary/aromatic N) is 4. The molecule has 0 saturated heterocycles. The Morgan fingerprint density at radius 2 is 1.91 bits per heavy atom. The maximum Gasteiger partial charge on any atom is 0.316 e. The monoisotopic (exact) mass is 456 g/mol. The van der Waals surface area contributed by atoms with Crippen molar-refractivity contribution >= 4 is 23.0 Å². The lowest BCUT2D eigenvalue weighted by Gasteiger charge is -2.32. The van der Waals surface area contributed by atoms with Crippen molar-refractivity contribution in [1.82, 2.24) is 14.9 Å². The van der Waals surface area contributed by atoms with Crippen LogP contribution < -0.4 is 19.1 Å². The third-order valence-electron chi connectivity index (χ3n) is 5.52. The molecule has 1 aromatic heterocycles. The third kappa shape index (κ3) is 4.16. The highest BCUT2D eigenvalue weighted by atomic mass is 35.5. The Hall–Kier alpha value is -3.10. The molecule has 0 bridgehead atoms. The van der Waals surface area contributed by atoms with Gasteiger partial charge in [0.05, 0.1) is 24.4 Å². The van der Waals surface area contributed by atoms with Gasteiger partial charge in [0.2, 0.25) is 0 Å². The summed E-state index contributed by atoms with van der Waals surface area (Å²) in [6, 6.07) is 8.91. The van der Waals surface area contributed by atoms with Crippen molar-refractivity contribution in [2.75, 3.05) is 38.3 Å². The van der Waals surface area contributed by atoms with Gasteiger partial charge >= 0.3 is 6.01 Å². The average Bonchev–Trinajstić information content (AvgIpc) is 3.01. The molecular weight excluding hydrogens is 435 g/mol. The van der Waals surface area contributed by atoms with Crippen LogP contribution in [-0.2, 0) is 13.1 Å². The number of ether oxygens (including phenoxy) is 3. The molecule has 3 aromatic rings. The fraction of sp³-hybridized carbons (Fsp3) is 0.304. The predicted molar refractivity (Wildman–Crippen MR) is 119 cm³/mol. The normalized spacial score (nSPS) is 15.8. The van der Waals surface area contributed by atoms with Gasteiger partial charge < -0.3 is 19.1 Å². The van der Waals surface area contributed by atoms with E-state index in [0.29, 0.717) is 55.4 Å². The minimum absolute atomic E-state index is 0.322. The molecular formula is C23H22ClFN4O3. The van der Waals surface area contributed by atoms with Crippen LogP contribution in [0, 0.1) is 5.82 Å². The average molecular weight is 457 g/mol. The van der Waals surface area contributed by atoms with Crippen LogP contribution in [0.3, 0.4) is 0 Å². The molecule has 0 amide bonds. The second-order valence-corrected chi connectivity index (χ2v) is 8.07. The molecule has 9 heteroatoms. The number of aromatic nitrogens is 2. The summed E-state index contributed by atoms with van der Waals surface area (Å²) in [4.78, 5) is 12.7. The fourth-order valence-electron chi connectivity index (χ4n) is 4.05. The van der Waals surface area contributed by atoms with Crippen molar-refractivity contribution in [2.45, 2.75) is 13.1 Å². The topological polar surface area (TPSA) is 60.0 Å². The van der Waals surface area contributed by atoms with E-state index in [1.54, 1.807) is 25.6 Å². The maximum atomic E-state index is 13.7. The third-order valence-corrected chi connectivity index (χ3v) is 5.80. The van der Waals surface area contributed by atoms with Crippen LogP contribution in [-0.4, -0.2) is 48.3 Å².